The number of hydrogen-bond donors (Lipinski definition) is 2. The van der Waals surface area contributed by atoms with E-state index in [-0.39, 0.29) is 0 Å². The average molecular weight is 288 g/mol. The fourth-order valence-electron chi connectivity index (χ4n) is 2.57. The zero-order chi connectivity index (χ0) is 15.1. The first-order valence-corrected chi connectivity index (χ1v) is 8.21. The molecule has 0 saturated carbocycles. The molecule has 4 heteroatoms. The predicted molar refractivity (Wildman–Crippen MR) is 89.8 cm³/mol. The van der Waals surface area contributed by atoms with Gasteiger partial charge in [-0.2, -0.15) is 0 Å². The molecule has 1 aromatic rings. The van der Waals surface area contributed by atoms with E-state index in [2.05, 4.69) is 40.5 Å². The molecule has 0 fully saturated rings. The van der Waals surface area contributed by atoms with Gasteiger partial charge in [0.15, 0.2) is 0 Å². The topological polar surface area (TPSA) is 49.8 Å². The second-order valence-corrected chi connectivity index (χ2v) is 5.92. The zero-order valence-corrected chi connectivity index (χ0v) is 13.6. The molecule has 21 heavy (non-hydrogen) atoms. The minimum Gasteiger partial charge on any atom is -0.370 e. The monoisotopic (exact) mass is 288 g/mol. The third kappa shape index (κ3) is 5.37. The molecule has 4 nitrogen and oxygen atoms in total. The van der Waals surface area contributed by atoms with E-state index in [4.69, 9.17) is 0 Å². The van der Waals surface area contributed by atoms with Crippen LogP contribution in [0.1, 0.15) is 58.2 Å². The van der Waals surface area contributed by atoms with E-state index >= 15 is 0 Å². The Morgan fingerprint density at radius 1 is 1.24 bits per heavy atom. The highest BCUT2D eigenvalue weighted by atomic mass is 15.1. The maximum absolute atomic E-state index is 4.47. The SMILES string of the molecule is CCC(C)Nc1cc(NCCC2=CCCCC2)nc(C)n1. The average Bonchev–Trinajstić information content (AvgIpc) is 2.47. The summed E-state index contributed by atoms with van der Waals surface area (Å²) < 4.78 is 0. The van der Waals surface area contributed by atoms with Crippen LogP contribution < -0.4 is 10.6 Å². The van der Waals surface area contributed by atoms with Crippen LogP contribution in [0.15, 0.2) is 17.7 Å². The summed E-state index contributed by atoms with van der Waals surface area (Å²) in [6.07, 6.45) is 9.84. The minimum atomic E-state index is 0.430. The third-order valence-corrected chi connectivity index (χ3v) is 3.98. The molecule has 0 spiro atoms. The van der Waals surface area contributed by atoms with Gasteiger partial charge in [0.1, 0.15) is 17.5 Å². The summed E-state index contributed by atoms with van der Waals surface area (Å²) in [5, 5.41) is 6.84. The van der Waals surface area contributed by atoms with Gasteiger partial charge in [0.2, 0.25) is 0 Å². The van der Waals surface area contributed by atoms with Crippen LogP contribution in [0.25, 0.3) is 0 Å². The minimum absolute atomic E-state index is 0.430. The van der Waals surface area contributed by atoms with Gasteiger partial charge in [-0.05, 0) is 52.4 Å². The number of nitrogens with one attached hydrogen (secondary N) is 2. The Morgan fingerprint density at radius 3 is 2.76 bits per heavy atom. The van der Waals surface area contributed by atoms with E-state index in [0.29, 0.717) is 6.04 Å². The van der Waals surface area contributed by atoms with Crippen LogP contribution >= 0.6 is 0 Å². The van der Waals surface area contributed by atoms with Crippen molar-refractivity contribution in [1.82, 2.24) is 9.97 Å². The fourth-order valence-corrected chi connectivity index (χ4v) is 2.57. The first-order chi connectivity index (χ1) is 10.2. The van der Waals surface area contributed by atoms with Crippen molar-refractivity contribution in [3.8, 4) is 0 Å². The predicted octanol–water partition coefficient (Wildman–Crippen LogP) is 4.30. The lowest BCUT2D eigenvalue weighted by atomic mass is 9.97. The lowest BCUT2D eigenvalue weighted by Gasteiger charge is -2.15. The van der Waals surface area contributed by atoms with Crippen molar-refractivity contribution < 1.29 is 0 Å². The number of allylic oxidation sites excluding steroid dienone is 1. The highest BCUT2D eigenvalue weighted by Gasteiger charge is 2.06. The van der Waals surface area contributed by atoms with Gasteiger partial charge in [0.05, 0.1) is 0 Å². The molecule has 1 aliphatic rings. The molecule has 2 rings (SSSR count). The van der Waals surface area contributed by atoms with Crippen LogP contribution in [0.4, 0.5) is 11.6 Å². The number of hydrogen-bond acceptors (Lipinski definition) is 4. The molecule has 1 atom stereocenters. The Morgan fingerprint density at radius 2 is 2.05 bits per heavy atom. The number of aromatic nitrogens is 2. The summed E-state index contributed by atoms with van der Waals surface area (Å²) in [6.45, 7) is 7.23. The maximum atomic E-state index is 4.47. The van der Waals surface area contributed by atoms with Gasteiger partial charge in [-0.25, -0.2) is 9.97 Å². The van der Waals surface area contributed by atoms with E-state index in [1.165, 1.54) is 25.7 Å². The first-order valence-electron chi connectivity index (χ1n) is 8.21. The molecule has 1 aliphatic carbocycles. The Hall–Kier alpha value is -1.58. The molecule has 1 heterocycles. The second kappa shape index (κ2) is 8.01. The van der Waals surface area contributed by atoms with Gasteiger partial charge in [0.25, 0.3) is 0 Å². The van der Waals surface area contributed by atoms with Gasteiger partial charge >= 0.3 is 0 Å². The summed E-state index contributed by atoms with van der Waals surface area (Å²) in [6, 6.07) is 2.44. The first kappa shape index (κ1) is 15.8. The van der Waals surface area contributed by atoms with Crippen LogP contribution in [0.2, 0.25) is 0 Å². The second-order valence-electron chi connectivity index (χ2n) is 5.92. The van der Waals surface area contributed by atoms with E-state index in [0.717, 1.165) is 36.8 Å². The van der Waals surface area contributed by atoms with Gasteiger partial charge in [-0.15, -0.1) is 0 Å². The number of nitrogens with zero attached hydrogens (tertiary/aromatic N) is 2. The van der Waals surface area contributed by atoms with E-state index in [9.17, 15) is 0 Å². The van der Waals surface area contributed by atoms with Crippen LogP contribution in [0, 0.1) is 6.92 Å². The van der Waals surface area contributed by atoms with Gasteiger partial charge in [-0.3, -0.25) is 0 Å². The largest absolute Gasteiger partial charge is 0.370 e. The molecule has 0 saturated heterocycles. The van der Waals surface area contributed by atoms with Crippen LogP contribution in [-0.2, 0) is 0 Å². The highest BCUT2D eigenvalue weighted by Crippen LogP contribution is 2.20. The Kier molecular flexibility index (Phi) is 6.03. The molecule has 1 aromatic heterocycles. The van der Waals surface area contributed by atoms with Crippen molar-refractivity contribution in [2.75, 3.05) is 17.2 Å². The van der Waals surface area contributed by atoms with E-state index in [1.54, 1.807) is 5.57 Å². The molecule has 0 bridgehead atoms. The normalized spacial score (nSPS) is 16.2. The van der Waals surface area contributed by atoms with Gasteiger partial charge < -0.3 is 10.6 Å². The van der Waals surface area contributed by atoms with Crippen LogP contribution in [0.5, 0.6) is 0 Å². The standard InChI is InChI=1S/C17H28N4/c1-4-13(2)19-17-12-16(20-14(3)21-17)18-11-10-15-8-6-5-7-9-15/h8,12-13H,4-7,9-11H2,1-3H3,(H2,18,19,20,21). The fraction of sp³-hybridized carbons (Fsp3) is 0.647. The van der Waals surface area contributed by atoms with E-state index in [1.807, 2.05) is 13.0 Å². The van der Waals surface area contributed by atoms with E-state index < -0.39 is 0 Å². The molecule has 0 amide bonds. The lowest BCUT2D eigenvalue weighted by molar-refractivity contribution is 0.679. The molecule has 1 unspecified atom stereocenters. The van der Waals surface area contributed by atoms with Crippen LogP contribution in [-0.4, -0.2) is 22.6 Å². The molecule has 0 aromatic carbocycles. The molecule has 0 radical (unpaired) electrons. The maximum Gasteiger partial charge on any atom is 0.132 e. The summed E-state index contributed by atoms with van der Waals surface area (Å²) in [4.78, 5) is 8.91. The molecular weight excluding hydrogens is 260 g/mol. The van der Waals surface area contributed by atoms with Crippen molar-refractivity contribution in [3.63, 3.8) is 0 Å². The van der Waals surface area contributed by atoms with Crippen molar-refractivity contribution in [2.24, 2.45) is 0 Å². The smallest absolute Gasteiger partial charge is 0.132 e. The summed E-state index contributed by atoms with van der Waals surface area (Å²) in [7, 11) is 0. The Balaban J connectivity index is 1.88. The number of aryl methyl sites for hydroxylation is 1. The van der Waals surface area contributed by atoms with Gasteiger partial charge in [0, 0.05) is 18.7 Å². The van der Waals surface area contributed by atoms with Crippen molar-refractivity contribution >= 4 is 11.6 Å². The molecule has 2 N–H and O–H groups in total. The van der Waals surface area contributed by atoms with Crippen molar-refractivity contribution in [3.05, 3.63) is 23.5 Å². The molecule has 116 valence electrons. The third-order valence-electron chi connectivity index (χ3n) is 3.98. The summed E-state index contributed by atoms with van der Waals surface area (Å²) in [5.74, 6) is 2.64. The molecule has 0 aliphatic heterocycles. The molecular formula is C17H28N4. The van der Waals surface area contributed by atoms with Crippen molar-refractivity contribution in [2.45, 2.75) is 65.3 Å². The lowest BCUT2D eigenvalue weighted by Crippen LogP contribution is -2.16. The zero-order valence-electron chi connectivity index (χ0n) is 13.6. The Bertz CT molecular complexity index is 482. The van der Waals surface area contributed by atoms with Crippen LogP contribution in [0.3, 0.4) is 0 Å². The Labute approximate surface area is 128 Å². The number of anilines is 2. The highest BCUT2D eigenvalue weighted by molar-refractivity contribution is 5.48. The van der Waals surface area contributed by atoms with Gasteiger partial charge in [-0.1, -0.05) is 18.6 Å². The number of rotatable bonds is 7. The summed E-state index contributed by atoms with van der Waals surface area (Å²) in [5.41, 5.74) is 1.59. The van der Waals surface area contributed by atoms with Crippen molar-refractivity contribution in [1.29, 1.82) is 0 Å². The summed E-state index contributed by atoms with van der Waals surface area (Å²) >= 11 is 0. The quantitative estimate of drug-likeness (QED) is 0.735.